The van der Waals surface area contributed by atoms with E-state index >= 15 is 0 Å². The molecule has 0 nitrogen and oxygen atoms in total. The Morgan fingerprint density at radius 1 is 0.826 bits per heavy atom. The van der Waals surface area contributed by atoms with Crippen LogP contribution in [0.15, 0.2) is 84.5 Å². The van der Waals surface area contributed by atoms with Crippen LogP contribution in [0.3, 0.4) is 0 Å². The maximum absolute atomic E-state index is 2.43. The predicted molar refractivity (Wildman–Crippen MR) is 104 cm³/mol. The van der Waals surface area contributed by atoms with E-state index < -0.39 is 7.92 Å². The van der Waals surface area contributed by atoms with Crippen molar-refractivity contribution >= 4 is 18.5 Å². The third kappa shape index (κ3) is 3.48. The average Bonchev–Trinajstić information content (AvgIpc) is 3.07. The summed E-state index contributed by atoms with van der Waals surface area (Å²) < 4.78 is 0. The van der Waals surface area contributed by atoms with E-state index in [9.17, 15) is 0 Å². The van der Waals surface area contributed by atoms with Crippen molar-refractivity contribution in [2.45, 2.75) is 32.3 Å². The minimum Gasteiger partial charge on any atom is -0.0724 e. The van der Waals surface area contributed by atoms with Crippen LogP contribution in [0.25, 0.3) is 0 Å². The Bertz CT molecular complexity index is 626. The van der Waals surface area contributed by atoms with Crippen molar-refractivity contribution < 1.29 is 0 Å². The fourth-order valence-electron chi connectivity index (χ4n) is 3.50. The van der Waals surface area contributed by atoms with Crippen molar-refractivity contribution in [3.05, 3.63) is 84.5 Å². The minimum atomic E-state index is -0.390. The van der Waals surface area contributed by atoms with Crippen molar-refractivity contribution in [2.75, 3.05) is 0 Å². The molecule has 0 aliphatic heterocycles. The second-order valence-electron chi connectivity index (χ2n) is 6.05. The normalized spacial score (nSPS) is 17.0. The summed E-state index contributed by atoms with van der Waals surface area (Å²) in [6.07, 6.45) is 9.54. The summed E-state index contributed by atoms with van der Waals surface area (Å²) in [4.78, 5) is 0. The van der Waals surface area contributed by atoms with Gasteiger partial charge in [0.1, 0.15) is 0 Å². The summed E-state index contributed by atoms with van der Waals surface area (Å²) in [6, 6.07) is 22.1. The summed E-state index contributed by atoms with van der Waals surface area (Å²) in [5.74, 6) is 0.701. The molecule has 23 heavy (non-hydrogen) atoms. The molecule has 2 aromatic rings. The molecule has 0 saturated heterocycles. The predicted octanol–water partition coefficient (Wildman–Crippen LogP) is 5.42. The van der Waals surface area contributed by atoms with Gasteiger partial charge in [-0.2, -0.15) is 0 Å². The smallest absolute Gasteiger partial charge is 0.0269 e. The highest BCUT2D eigenvalue weighted by Gasteiger charge is 2.30. The number of rotatable bonds is 6. The molecule has 2 aromatic carbocycles. The SMILES string of the molecule is CCC(CC)C1=CC=C[C@@H]1P(c1ccccc1)c1ccccc1. The van der Waals surface area contributed by atoms with Crippen LogP contribution in [0.2, 0.25) is 0 Å². The van der Waals surface area contributed by atoms with Gasteiger partial charge in [0.2, 0.25) is 0 Å². The van der Waals surface area contributed by atoms with E-state index in [0.717, 1.165) is 0 Å². The van der Waals surface area contributed by atoms with Crippen molar-refractivity contribution in [2.24, 2.45) is 5.92 Å². The molecule has 0 unspecified atom stereocenters. The molecule has 118 valence electrons. The fraction of sp³-hybridized carbons (Fsp3) is 0.273. The van der Waals surface area contributed by atoms with Gasteiger partial charge in [-0.1, -0.05) is 98.3 Å². The van der Waals surface area contributed by atoms with E-state index in [4.69, 9.17) is 0 Å². The molecule has 1 aliphatic carbocycles. The zero-order valence-corrected chi connectivity index (χ0v) is 14.9. The molecule has 0 amide bonds. The summed E-state index contributed by atoms with van der Waals surface area (Å²) in [5.41, 5.74) is 2.17. The highest BCUT2D eigenvalue weighted by molar-refractivity contribution is 7.74. The molecular formula is C22H25P. The van der Waals surface area contributed by atoms with Crippen LogP contribution in [-0.4, -0.2) is 5.66 Å². The van der Waals surface area contributed by atoms with Crippen LogP contribution in [0, 0.1) is 5.92 Å². The zero-order chi connectivity index (χ0) is 16.1. The molecule has 1 atom stereocenters. The third-order valence-corrected chi connectivity index (χ3v) is 7.46. The lowest BCUT2D eigenvalue weighted by molar-refractivity contribution is 0.566. The van der Waals surface area contributed by atoms with Crippen molar-refractivity contribution in [3.8, 4) is 0 Å². The summed E-state index contributed by atoms with van der Waals surface area (Å²) >= 11 is 0. The number of hydrogen-bond acceptors (Lipinski definition) is 0. The highest BCUT2D eigenvalue weighted by atomic mass is 31.1. The lowest BCUT2D eigenvalue weighted by Gasteiger charge is -2.30. The zero-order valence-electron chi connectivity index (χ0n) is 14.0. The fourth-order valence-corrected chi connectivity index (χ4v) is 6.30. The van der Waals surface area contributed by atoms with Crippen molar-refractivity contribution in [1.82, 2.24) is 0 Å². The van der Waals surface area contributed by atoms with Crippen LogP contribution in [0.5, 0.6) is 0 Å². The second kappa shape index (κ2) is 7.75. The Hall–Kier alpha value is -1.65. The van der Waals surface area contributed by atoms with Gasteiger partial charge < -0.3 is 0 Å². The van der Waals surface area contributed by atoms with Gasteiger partial charge in [-0.05, 0) is 37.3 Å². The molecule has 0 fully saturated rings. The van der Waals surface area contributed by atoms with E-state index in [1.54, 1.807) is 5.57 Å². The summed E-state index contributed by atoms with van der Waals surface area (Å²) in [5, 5.41) is 2.95. The van der Waals surface area contributed by atoms with E-state index in [1.807, 2.05) is 0 Å². The number of hydrogen-bond donors (Lipinski definition) is 0. The maximum atomic E-state index is 2.43. The molecule has 0 radical (unpaired) electrons. The molecule has 3 rings (SSSR count). The van der Waals surface area contributed by atoms with Crippen molar-refractivity contribution in [1.29, 1.82) is 0 Å². The number of allylic oxidation sites excluding steroid dienone is 4. The van der Waals surface area contributed by atoms with E-state index in [2.05, 4.69) is 92.7 Å². The Morgan fingerprint density at radius 3 is 1.83 bits per heavy atom. The monoisotopic (exact) mass is 320 g/mol. The molecule has 1 aliphatic rings. The lowest BCUT2D eigenvalue weighted by Crippen LogP contribution is -2.23. The first-order chi connectivity index (χ1) is 11.3. The third-order valence-electron chi connectivity index (χ3n) is 4.73. The number of benzene rings is 2. The van der Waals surface area contributed by atoms with Gasteiger partial charge >= 0.3 is 0 Å². The van der Waals surface area contributed by atoms with E-state index in [1.165, 1.54) is 23.5 Å². The first-order valence-electron chi connectivity index (χ1n) is 8.62. The summed E-state index contributed by atoms with van der Waals surface area (Å²) in [7, 11) is -0.390. The van der Waals surface area contributed by atoms with E-state index in [-0.39, 0.29) is 0 Å². The quantitative estimate of drug-likeness (QED) is 0.623. The Kier molecular flexibility index (Phi) is 5.47. The topological polar surface area (TPSA) is 0 Å². The minimum absolute atomic E-state index is 0.390. The largest absolute Gasteiger partial charge is 0.0724 e. The van der Waals surface area contributed by atoms with Gasteiger partial charge in [0.05, 0.1) is 0 Å². The summed E-state index contributed by atoms with van der Waals surface area (Å²) in [6.45, 7) is 4.63. The molecule has 0 bridgehead atoms. The lowest BCUT2D eigenvalue weighted by atomic mass is 9.93. The Labute approximate surface area is 141 Å². The van der Waals surface area contributed by atoms with Crippen molar-refractivity contribution in [3.63, 3.8) is 0 Å². The maximum Gasteiger partial charge on any atom is 0.0269 e. The van der Waals surface area contributed by atoms with Crippen LogP contribution in [0.1, 0.15) is 26.7 Å². The first-order valence-corrected chi connectivity index (χ1v) is 10.0. The van der Waals surface area contributed by atoms with Gasteiger partial charge in [-0.25, -0.2) is 0 Å². The van der Waals surface area contributed by atoms with Gasteiger partial charge in [-0.15, -0.1) is 0 Å². The second-order valence-corrected chi connectivity index (χ2v) is 8.38. The molecule has 1 heteroatoms. The van der Waals surface area contributed by atoms with E-state index in [0.29, 0.717) is 11.6 Å². The van der Waals surface area contributed by atoms with Gasteiger partial charge in [0, 0.05) is 5.66 Å². The molecule has 0 heterocycles. The van der Waals surface area contributed by atoms with Crippen LogP contribution < -0.4 is 10.6 Å². The standard InChI is InChI=1S/C22H25P/c1-3-18(4-2)21-16-11-17-22(21)23(19-12-7-5-8-13-19)20-14-9-6-10-15-20/h5-18,22H,3-4H2,1-2H3/t22-/m0/s1. The van der Waals surface area contributed by atoms with Gasteiger partial charge in [-0.3, -0.25) is 0 Å². The molecule has 0 N–H and O–H groups in total. The molecular weight excluding hydrogens is 295 g/mol. The molecule has 0 spiro atoms. The molecule has 0 aromatic heterocycles. The van der Waals surface area contributed by atoms with Gasteiger partial charge in [0.15, 0.2) is 0 Å². The van der Waals surface area contributed by atoms with Crippen LogP contribution >= 0.6 is 7.92 Å². The first kappa shape index (κ1) is 16.2. The molecule has 0 saturated carbocycles. The van der Waals surface area contributed by atoms with Crippen LogP contribution in [0.4, 0.5) is 0 Å². The Balaban J connectivity index is 2.03. The Morgan fingerprint density at radius 2 is 1.35 bits per heavy atom. The van der Waals surface area contributed by atoms with Gasteiger partial charge in [0.25, 0.3) is 0 Å². The average molecular weight is 320 g/mol. The van der Waals surface area contributed by atoms with Crippen LogP contribution in [-0.2, 0) is 0 Å². The highest BCUT2D eigenvalue weighted by Crippen LogP contribution is 2.48.